The Morgan fingerprint density at radius 2 is 2.00 bits per heavy atom. The molecule has 0 fully saturated rings. The van der Waals surface area contributed by atoms with Crippen molar-refractivity contribution < 1.29 is 0 Å². The van der Waals surface area contributed by atoms with Gasteiger partial charge in [-0.05, 0) is 30.2 Å². The summed E-state index contributed by atoms with van der Waals surface area (Å²) in [6, 6.07) is 17.0. The van der Waals surface area contributed by atoms with Gasteiger partial charge in [-0.3, -0.25) is 0 Å². The number of benzene rings is 2. The minimum absolute atomic E-state index is 0.597. The molecule has 1 aliphatic heterocycles. The second kappa shape index (κ2) is 4.87. The van der Waals surface area contributed by atoms with Gasteiger partial charge in [0.05, 0.1) is 10.5 Å². The summed E-state index contributed by atoms with van der Waals surface area (Å²) >= 11 is 8.34. The largest absolute Gasteiger partial charge is 0.345 e. The number of rotatable bonds is 2. The quantitative estimate of drug-likeness (QED) is 0.644. The lowest BCUT2D eigenvalue weighted by Gasteiger charge is -2.12. The molecule has 1 atom stereocenters. The highest BCUT2D eigenvalue weighted by Crippen LogP contribution is 2.38. The van der Waals surface area contributed by atoms with E-state index in [-0.39, 0.29) is 0 Å². The van der Waals surface area contributed by atoms with Crippen LogP contribution >= 0.6 is 23.4 Å². The Morgan fingerprint density at radius 1 is 1.10 bits per heavy atom. The standard InChI is InChI=1S/C17H14ClNS/c18-15-6-3-5-12-8-9-19(17(12)15)11-14-10-13-4-1-2-7-16(13)20-14/h1-9,14H,10-11H2. The van der Waals surface area contributed by atoms with Crippen molar-refractivity contribution >= 4 is 34.3 Å². The summed E-state index contributed by atoms with van der Waals surface area (Å²) in [5.74, 6) is 0. The normalized spacial score (nSPS) is 17.6. The molecule has 0 radical (unpaired) electrons. The first-order valence-electron chi connectivity index (χ1n) is 6.79. The van der Waals surface area contributed by atoms with E-state index in [1.165, 1.54) is 15.8 Å². The fourth-order valence-corrected chi connectivity index (χ4v) is 4.55. The molecule has 3 aromatic rings. The summed E-state index contributed by atoms with van der Waals surface area (Å²) in [4.78, 5) is 1.43. The predicted molar refractivity (Wildman–Crippen MR) is 86.7 cm³/mol. The summed E-state index contributed by atoms with van der Waals surface area (Å²) in [5.41, 5.74) is 2.63. The van der Waals surface area contributed by atoms with E-state index in [4.69, 9.17) is 11.6 Å². The summed E-state index contributed by atoms with van der Waals surface area (Å²) in [5, 5.41) is 2.66. The molecule has 100 valence electrons. The number of aromatic nitrogens is 1. The van der Waals surface area contributed by atoms with Crippen LogP contribution in [0.1, 0.15) is 5.56 Å². The first-order chi connectivity index (χ1) is 9.81. The third-order valence-electron chi connectivity index (χ3n) is 3.85. The van der Waals surface area contributed by atoms with Crippen molar-refractivity contribution in [3.63, 3.8) is 0 Å². The monoisotopic (exact) mass is 299 g/mol. The Balaban J connectivity index is 1.64. The van der Waals surface area contributed by atoms with Gasteiger partial charge in [-0.1, -0.05) is 41.9 Å². The Bertz CT molecular complexity index is 753. The van der Waals surface area contributed by atoms with Gasteiger partial charge in [-0.2, -0.15) is 0 Å². The summed E-state index contributed by atoms with van der Waals surface area (Å²) in [7, 11) is 0. The minimum Gasteiger partial charge on any atom is -0.345 e. The van der Waals surface area contributed by atoms with Crippen molar-refractivity contribution in [3.8, 4) is 0 Å². The van der Waals surface area contributed by atoms with Crippen molar-refractivity contribution in [2.24, 2.45) is 0 Å². The summed E-state index contributed by atoms with van der Waals surface area (Å²) in [6.07, 6.45) is 3.30. The molecule has 0 aliphatic carbocycles. The van der Waals surface area contributed by atoms with E-state index < -0.39 is 0 Å². The zero-order valence-corrected chi connectivity index (χ0v) is 12.5. The van der Waals surface area contributed by atoms with Gasteiger partial charge in [0.2, 0.25) is 0 Å². The van der Waals surface area contributed by atoms with Gasteiger partial charge >= 0.3 is 0 Å². The molecule has 0 spiro atoms. The van der Waals surface area contributed by atoms with Gasteiger partial charge in [0.1, 0.15) is 0 Å². The Labute approximate surface area is 127 Å². The van der Waals surface area contributed by atoms with Gasteiger partial charge in [0.25, 0.3) is 0 Å². The number of hydrogen-bond donors (Lipinski definition) is 0. The fourth-order valence-electron chi connectivity index (χ4n) is 2.94. The number of hydrogen-bond acceptors (Lipinski definition) is 1. The molecule has 1 aromatic heterocycles. The number of halogens is 1. The fraction of sp³-hybridized carbons (Fsp3) is 0.176. The van der Waals surface area contributed by atoms with Crippen LogP contribution in [-0.4, -0.2) is 9.82 Å². The van der Waals surface area contributed by atoms with Crippen LogP contribution in [0.15, 0.2) is 59.6 Å². The molecule has 1 unspecified atom stereocenters. The maximum Gasteiger partial charge on any atom is 0.0669 e. The molecule has 4 rings (SSSR count). The number of fused-ring (bicyclic) bond motifs is 2. The molecule has 2 heterocycles. The van der Waals surface area contributed by atoms with E-state index in [0.29, 0.717) is 5.25 Å². The van der Waals surface area contributed by atoms with Crippen LogP contribution in [0, 0.1) is 0 Å². The van der Waals surface area contributed by atoms with E-state index in [1.807, 2.05) is 23.9 Å². The molecule has 0 saturated carbocycles. The van der Waals surface area contributed by atoms with Crippen molar-refractivity contribution in [2.45, 2.75) is 23.1 Å². The summed E-state index contributed by atoms with van der Waals surface area (Å²) in [6.45, 7) is 1.01. The molecule has 2 aromatic carbocycles. The van der Waals surface area contributed by atoms with E-state index in [2.05, 4.69) is 47.2 Å². The number of nitrogens with zero attached hydrogens (tertiary/aromatic N) is 1. The highest BCUT2D eigenvalue weighted by Gasteiger charge is 2.22. The van der Waals surface area contributed by atoms with E-state index in [1.54, 1.807) is 0 Å². The minimum atomic E-state index is 0.597. The van der Waals surface area contributed by atoms with Crippen LogP contribution in [0.2, 0.25) is 5.02 Å². The Kier molecular flexibility index (Phi) is 3.01. The lowest BCUT2D eigenvalue weighted by molar-refractivity contribution is 0.685. The molecular formula is C17H14ClNS. The van der Waals surface area contributed by atoms with Crippen molar-refractivity contribution in [1.82, 2.24) is 4.57 Å². The highest BCUT2D eigenvalue weighted by molar-refractivity contribution is 8.00. The zero-order chi connectivity index (χ0) is 13.5. The van der Waals surface area contributed by atoms with Gasteiger partial charge < -0.3 is 4.57 Å². The molecule has 1 nitrogen and oxygen atoms in total. The van der Waals surface area contributed by atoms with Crippen LogP contribution in [-0.2, 0) is 13.0 Å². The van der Waals surface area contributed by atoms with Crippen LogP contribution in [0.3, 0.4) is 0 Å². The first-order valence-corrected chi connectivity index (χ1v) is 8.05. The topological polar surface area (TPSA) is 4.93 Å². The summed E-state index contributed by atoms with van der Waals surface area (Å²) < 4.78 is 2.29. The molecule has 0 amide bonds. The van der Waals surface area contributed by atoms with Crippen molar-refractivity contribution in [1.29, 1.82) is 0 Å². The third kappa shape index (κ3) is 2.04. The molecule has 0 saturated heterocycles. The molecule has 3 heteroatoms. The predicted octanol–water partition coefficient (Wildman–Crippen LogP) is 5.01. The van der Waals surface area contributed by atoms with E-state index in [9.17, 15) is 0 Å². The maximum atomic E-state index is 6.35. The lowest BCUT2D eigenvalue weighted by Crippen LogP contribution is -2.11. The average molecular weight is 300 g/mol. The van der Waals surface area contributed by atoms with Gasteiger partial charge in [0, 0.05) is 28.3 Å². The molecular weight excluding hydrogens is 286 g/mol. The lowest BCUT2D eigenvalue weighted by atomic mass is 10.1. The van der Waals surface area contributed by atoms with Gasteiger partial charge in [0.15, 0.2) is 0 Å². The smallest absolute Gasteiger partial charge is 0.0669 e. The first kappa shape index (κ1) is 12.4. The Morgan fingerprint density at radius 3 is 2.90 bits per heavy atom. The SMILES string of the molecule is Clc1cccc2ccn(CC3Cc4ccccc4S3)c12. The number of para-hydroxylation sites is 1. The van der Waals surface area contributed by atoms with E-state index in [0.717, 1.165) is 23.5 Å². The average Bonchev–Trinajstić information content (AvgIpc) is 3.03. The molecule has 20 heavy (non-hydrogen) atoms. The van der Waals surface area contributed by atoms with Gasteiger partial charge in [-0.25, -0.2) is 0 Å². The molecule has 1 aliphatic rings. The zero-order valence-electron chi connectivity index (χ0n) is 10.9. The maximum absolute atomic E-state index is 6.35. The van der Waals surface area contributed by atoms with E-state index >= 15 is 0 Å². The van der Waals surface area contributed by atoms with Gasteiger partial charge in [-0.15, -0.1) is 11.8 Å². The van der Waals surface area contributed by atoms with Crippen LogP contribution in [0.25, 0.3) is 10.9 Å². The number of thioether (sulfide) groups is 1. The molecule has 0 bridgehead atoms. The second-order valence-corrected chi connectivity index (χ2v) is 6.95. The van der Waals surface area contributed by atoms with Crippen LogP contribution in [0.4, 0.5) is 0 Å². The van der Waals surface area contributed by atoms with Crippen molar-refractivity contribution in [3.05, 3.63) is 65.3 Å². The third-order valence-corrected chi connectivity index (χ3v) is 5.46. The van der Waals surface area contributed by atoms with Crippen LogP contribution < -0.4 is 0 Å². The Hall–Kier alpha value is -1.38. The van der Waals surface area contributed by atoms with Crippen LogP contribution in [0.5, 0.6) is 0 Å². The van der Waals surface area contributed by atoms with Crippen molar-refractivity contribution in [2.75, 3.05) is 0 Å². The highest BCUT2D eigenvalue weighted by atomic mass is 35.5. The molecule has 0 N–H and O–H groups in total. The second-order valence-electron chi connectivity index (χ2n) is 5.20.